The number of nitrogens with one attached hydrogen (secondary N) is 1. The van der Waals surface area contributed by atoms with Crippen molar-refractivity contribution >= 4 is 44.1 Å². The fourth-order valence-electron chi connectivity index (χ4n) is 1.53. The Morgan fingerprint density at radius 3 is 2.95 bits per heavy atom. The summed E-state index contributed by atoms with van der Waals surface area (Å²) >= 11 is 4.63. The van der Waals surface area contributed by atoms with E-state index in [2.05, 4.69) is 50.3 Å². The zero-order valence-electron chi connectivity index (χ0n) is 11.1. The van der Waals surface area contributed by atoms with Crippen LogP contribution in [0.2, 0.25) is 0 Å². The number of carbonyl (C=O) groups excluding carboxylic acids is 1. The minimum Gasteiger partial charge on any atom is -0.383 e. The number of anilines is 2. The van der Waals surface area contributed by atoms with E-state index in [0.29, 0.717) is 21.1 Å². The standard InChI is InChI=1S/C12H14BrN5OS/c1-6(2)3-9-17-18-12(20-9)16-11(19)8-4-7(13)5-15-10(8)14/h4-6H,3H2,1-2H3,(H2,14,15)(H,16,18,19). The monoisotopic (exact) mass is 355 g/mol. The van der Waals surface area contributed by atoms with Crippen molar-refractivity contribution < 1.29 is 4.79 Å². The van der Waals surface area contributed by atoms with Gasteiger partial charge < -0.3 is 5.73 Å². The van der Waals surface area contributed by atoms with Gasteiger partial charge in [-0.2, -0.15) is 0 Å². The fourth-order valence-corrected chi connectivity index (χ4v) is 2.81. The number of hydrogen-bond acceptors (Lipinski definition) is 6. The number of rotatable bonds is 4. The number of nitrogens with zero attached hydrogens (tertiary/aromatic N) is 3. The van der Waals surface area contributed by atoms with Crippen LogP contribution in [0.4, 0.5) is 10.9 Å². The van der Waals surface area contributed by atoms with Crippen LogP contribution in [0.5, 0.6) is 0 Å². The summed E-state index contributed by atoms with van der Waals surface area (Å²) in [6, 6.07) is 1.62. The van der Waals surface area contributed by atoms with Gasteiger partial charge in [0, 0.05) is 17.1 Å². The van der Waals surface area contributed by atoms with Crippen LogP contribution in [0.15, 0.2) is 16.7 Å². The SMILES string of the molecule is CC(C)Cc1nnc(NC(=O)c2cc(Br)cnc2N)s1. The van der Waals surface area contributed by atoms with Gasteiger partial charge >= 0.3 is 0 Å². The number of halogens is 1. The summed E-state index contributed by atoms with van der Waals surface area (Å²) in [5.41, 5.74) is 6.00. The Bertz CT molecular complexity index is 628. The number of hydrogen-bond donors (Lipinski definition) is 2. The van der Waals surface area contributed by atoms with Crippen molar-refractivity contribution in [2.45, 2.75) is 20.3 Å². The molecule has 0 aromatic carbocycles. The molecule has 2 heterocycles. The van der Waals surface area contributed by atoms with Crippen LogP contribution in [-0.2, 0) is 6.42 Å². The zero-order valence-corrected chi connectivity index (χ0v) is 13.5. The largest absolute Gasteiger partial charge is 0.383 e. The van der Waals surface area contributed by atoms with Crippen molar-refractivity contribution in [1.29, 1.82) is 0 Å². The highest BCUT2D eigenvalue weighted by molar-refractivity contribution is 9.10. The molecular formula is C12H14BrN5OS. The number of amides is 1. The molecule has 0 atom stereocenters. The van der Waals surface area contributed by atoms with Gasteiger partial charge in [0.25, 0.3) is 5.91 Å². The van der Waals surface area contributed by atoms with Crippen molar-refractivity contribution in [3.8, 4) is 0 Å². The lowest BCUT2D eigenvalue weighted by atomic mass is 10.1. The first-order chi connectivity index (χ1) is 9.45. The second kappa shape index (κ2) is 6.27. The third-order valence-corrected chi connectivity index (χ3v) is 3.69. The van der Waals surface area contributed by atoms with Crippen LogP contribution >= 0.6 is 27.3 Å². The molecule has 2 aromatic heterocycles. The Hall–Kier alpha value is -1.54. The maximum atomic E-state index is 12.1. The van der Waals surface area contributed by atoms with E-state index >= 15 is 0 Å². The van der Waals surface area contributed by atoms with E-state index in [-0.39, 0.29) is 11.7 Å². The molecule has 0 fully saturated rings. The predicted molar refractivity (Wildman–Crippen MR) is 82.8 cm³/mol. The first-order valence-corrected chi connectivity index (χ1v) is 7.61. The van der Waals surface area contributed by atoms with Crippen molar-refractivity contribution in [2.24, 2.45) is 5.92 Å². The second-order valence-corrected chi connectivity index (χ2v) is 6.62. The lowest BCUT2D eigenvalue weighted by Gasteiger charge is -2.04. The third kappa shape index (κ3) is 3.73. The molecule has 0 aliphatic carbocycles. The van der Waals surface area contributed by atoms with Gasteiger partial charge in [0.15, 0.2) is 0 Å². The normalized spacial score (nSPS) is 10.8. The van der Waals surface area contributed by atoms with Crippen molar-refractivity contribution in [3.63, 3.8) is 0 Å². The topological polar surface area (TPSA) is 93.8 Å². The van der Waals surface area contributed by atoms with E-state index in [1.165, 1.54) is 17.5 Å². The van der Waals surface area contributed by atoms with Crippen molar-refractivity contribution in [3.05, 3.63) is 27.3 Å². The van der Waals surface area contributed by atoms with E-state index < -0.39 is 0 Å². The number of aromatic nitrogens is 3. The van der Waals surface area contributed by atoms with Crippen molar-refractivity contribution in [1.82, 2.24) is 15.2 Å². The maximum Gasteiger partial charge on any atom is 0.261 e. The minimum absolute atomic E-state index is 0.178. The van der Waals surface area contributed by atoms with Crippen LogP contribution in [0.25, 0.3) is 0 Å². The van der Waals surface area contributed by atoms with Gasteiger partial charge in [-0.3, -0.25) is 10.1 Å². The average Bonchev–Trinajstić information content (AvgIpc) is 2.78. The minimum atomic E-state index is -0.344. The molecule has 0 bridgehead atoms. The molecule has 8 heteroatoms. The molecule has 0 saturated carbocycles. The zero-order chi connectivity index (χ0) is 14.7. The quantitative estimate of drug-likeness (QED) is 0.879. The number of nitrogen functional groups attached to an aromatic ring is 1. The molecule has 2 aromatic rings. The molecule has 0 saturated heterocycles. The van der Waals surface area contributed by atoms with Gasteiger partial charge in [0.2, 0.25) is 5.13 Å². The highest BCUT2D eigenvalue weighted by Gasteiger charge is 2.14. The van der Waals surface area contributed by atoms with Gasteiger partial charge in [-0.1, -0.05) is 25.2 Å². The van der Waals surface area contributed by atoms with Crippen LogP contribution in [0, 0.1) is 5.92 Å². The van der Waals surface area contributed by atoms with E-state index in [1.807, 2.05) is 0 Å². The molecule has 2 rings (SSSR count). The summed E-state index contributed by atoms with van der Waals surface area (Å²) in [6.45, 7) is 4.21. The summed E-state index contributed by atoms with van der Waals surface area (Å²) in [5.74, 6) is 0.331. The summed E-state index contributed by atoms with van der Waals surface area (Å²) in [6.07, 6.45) is 2.38. The molecule has 0 aliphatic heterocycles. The first kappa shape index (κ1) is 14.9. The van der Waals surface area contributed by atoms with Crippen LogP contribution < -0.4 is 11.1 Å². The number of carbonyl (C=O) groups is 1. The summed E-state index contributed by atoms with van der Waals surface area (Å²) in [7, 11) is 0. The molecule has 0 aliphatic rings. The highest BCUT2D eigenvalue weighted by atomic mass is 79.9. The first-order valence-electron chi connectivity index (χ1n) is 6.00. The molecule has 0 radical (unpaired) electrons. The number of nitrogens with two attached hydrogens (primary N) is 1. The number of pyridine rings is 1. The van der Waals surface area contributed by atoms with E-state index in [1.54, 1.807) is 6.07 Å². The molecule has 20 heavy (non-hydrogen) atoms. The molecule has 6 nitrogen and oxygen atoms in total. The predicted octanol–water partition coefficient (Wildman–Crippen LogP) is 2.73. The fraction of sp³-hybridized carbons (Fsp3) is 0.333. The van der Waals surface area contributed by atoms with E-state index in [0.717, 1.165) is 11.4 Å². The van der Waals surface area contributed by atoms with Crippen molar-refractivity contribution in [2.75, 3.05) is 11.1 Å². The molecule has 1 amide bonds. The Labute approximate surface area is 128 Å². The average molecular weight is 356 g/mol. The lowest BCUT2D eigenvalue weighted by Crippen LogP contribution is -2.14. The smallest absolute Gasteiger partial charge is 0.261 e. The lowest BCUT2D eigenvalue weighted by molar-refractivity contribution is 0.102. The van der Waals surface area contributed by atoms with E-state index in [4.69, 9.17) is 5.73 Å². The maximum absolute atomic E-state index is 12.1. The molecule has 106 valence electrons. The van der Waals surface area contributed by atoms with Crippen LogP contribution in [0.1, 0.15) is 29.2 Å². The second-order valence-electron chi connectivity index (χ2n) is 4.64. The molecule has 3 N–H and O–H groups in total. The molecule has 0 unspecified atom stereocenters. The Kier molecular flexibility index (Phi) is 4.66. The van der Waals surface area contributed by atoms with Crippen LogP contribution in [-0.4, -0.2) is 21.1 Å². The van der Waals surface area contributed by atoms with Gasteiger partial charge in [0.05, 0.1) is 5.56 Å². The third-order valence-electron chi connectivity index (χ3n) is 2.40. The van der Waals surface area contributed by atoms with Gasteiger partial charge in [-0.15, -0.1) is 10.2 Å². The highest BCUT2D eigenvalue weighted by Crippen LogP contribution is 2.21. The van der Waals surface area contributed by atoms with Gasteiger partial charge in [-0.05, 0) is 27.9 Å². The molecule has 0 spiro atoms. The summed E-state index contributed by atoms with van der Waals surface area (Å²) < 4.78 is 0.689. The Balaban J connectivity index is 2.11. The van der Waals surface area contributed by atoms with Gasteiger partial charge in [0.1, 0.15) is 10.8 Å². The molecular weight excluding hydrogens is 342 g/mol. The van der Waals surface area contributed by atoms with Gasteiger partial charge in [-0.25, -0.2) is 4.98 Å². The Morgan fingerprint density at radius 1 is 1.50 bits per heavy atom. The summed E-state index contributed by atoms with van der Waals surface area (Å²) in [4.78, 5) is 16.0. The summed E-state index contributed by atoms with van der Waals surface area (Å²) in [5, 5.41) is 12.0. The van der Waals surface area contributed by atoms with Crippen LogP contribution in [0.3, 0.4) is 0 Å². The Morgan fingerprint density at radius 2 is 2.25 bits per heavy atom. The van der Waals surface area contributed by atoms with E-state index in [9.17, 15) is 4.79 Å².